The van der Waals surface area contributed by atoms with E-state index in [2.05, 4.69) is 36.5 Å². The van der Waals surface area contributed by atoms with Gasteiger partial charge in [0.1, 0.15) is 5.75 Å². The number of nitrogens with zero attached hydrogens (tertiary/aromatic N) is 1. The molecular formula is C20H26N2O2S. The van der Waals surface area contributed by atoms with Crippen molar-refractivity contribution in [3.8, 4) is 5.75 Å². The molecule has 4 nitrogen and oxygen atoms in total. The fraction of sp³-hybridized carbons (Fsp3) is 0.350. The number of carbonyl (C=O) groups excluding carboxylic acids is 1. The van der Waals surface area contributed by atoms with E-state index in [4.69, 9.17) is 4.74 Å². The molecule has 2 aromatic carbocycles. The van der Waals surface area contributed by atoms with Gasteiger partial charge in [-0.25, -0.2) is 4.79 Å². The molecule has 134 valence electrons. The van der Waals surface area contributed by atoms with Crippen LogP contribution in [-0.4, -0.2) is 30.8 Å². The van der Waals surface area contributed by atoms with Crippen molar-refractivity contribution in [2.45, 2.75) is 31.3 Å². The summed E-state index contributed by atoms with van der Waals surface area (Å²) in [5.41, 5.74) is 2.13. The predicted molar refractivity (Wildman–Crippen MR) is 104 cm³/mol. The molecule has 0 radical (unpaired) electrons. The molecule has 1 unspecified atom stereocenters. The lowest BCUT2D eigenvalue weighted by atomic mass is 10.1. The summed E-state index contributed by atoms with van der Waals surface area (Å²) in [6, 6.07) is 16.0. The van der Waals surface area contributed by atoms with Gasteiger partial charge in [0.05, 0.1) is 13.2 Å². The van der Waals surface area contributed by atoms with Gasteiger partial charge in [-0.2, -0.15) is 0 Å². The summed E-state index contributed by atoms with van der Waals surface area (Å²) in [4.78, 5) is 15.4. The highest BCUT2D eigenvalue weighted by Crippen LogP contribution is 2.21. The number of benzene rings is 2. The summed E-state index contributed by atoms with van der Waals surface area (Å²) in [6.45, 7) is 4.67. The van der Waals surface area contributed by atoms with Crippen LogP contribution in [0.25, 0.3) is 0 Å². The van der Waals surface area contributed by atoms with E-state index in [1.807, 2.05) is 43.0 Å². The summed E-state index contributed by atoms with van der Waals surface area (Å²) in [5, 5.41) is 3.05. The van der Waals surface area contributed by atoms with E-state index < -0.39 is 0 Å². The van der Waals surface area contributed by atoms with Crippen LogP contribution in [0.4, 0.5) is 4.79 Å². The SMILES string of the molecule is CCSc1ccc(C(C)NC(=O)N(C)Cc2cccc(OC)c2)cc1. The number of amides is 2. The number of ether oxygens (including phenoxy) is 1. The van der Waals surface area contributed by atoms with E-state index >= 15 is 0 Å². The van der Waals surface area contributed by atoms with Crippen LogP contribution in [0.3, 0.4) is 0 Å². The van der Waals surface area contributed by atoms with Gasteiger partial charge in [-0.3, -0.25) is 0 Å². The lowest BCUT2D eigenvalue weighted by molar-refractivity contribution is 0.203. The van der Waals surface area contributed by atoms with Crippen LogP contribution in [0.2, 0.25) is 0 Å². The molecule has 0 aliphatic heterocycles. The molecule has 0 saturated heterocycles. The van der Waals surface area contributed by atoms with Crippen LogP contribution in [0, 0.1) is 0 Å². The summed E-state index contributed by atoms with van der Waals surface area (Å²) in [6.07, 6.45) is 0. The van der Waals surface area contributed by atoms with Gasteiger partial charge < -0.3 is 15.0 Å². The summed E-state index contributed by atoms with van der Waals surface area (Å²) >= 11 is 1.81. The minimum Gasteiger partial charge on any atom is -0.497 e. The van der Waals surface area contributed by atoms with Crippen molar-refractivity contribution in [1.29, 1.82) is 0 Å². The molecule has 2 rings (SSSR count). The summed E-state index contributed by atoms with van der Waals surface area (Å²) in [7, 11) is 3.43. The minimum atomic E-state index is -0.0951. The first-order chi connectivity index (χ1) is 12.0. The van der Waals surface area contributed by atoms with Gasteiger partial charge in [-0.05, 0) is 48.1 Å². The maximum atomic E-state index is 12.4. The zero-order valence-corrected chi connectivity index (χ0v) is 16.1. The monoisotopic (exact) mass is 358 g/mol. The number of urea groups is 1. The quantitative estimate of drug-likeness (QED) is 0.729. The first kappa shape index (κ1) is 19.2. The van der Waals surface area contributed by atoms with Crippen molar-refractivity contribution >= 4 is 17.8 Å². The fourth-order valence-corrected chi connectivity index (χ4v) is 3.18. The second kappa shape index (κ2) is 9.37. The van der Waals surface area contributed by atoms with E-state index in [-0.39, 0.29) is 12.1 Å². The van der Waals surface area contributed by atoms with E-state index in [0.717, 1.165) is 22.6 Å². The predicted octanol–water partition coefficient (Wildman–Crippen LogP) is 4.71. The molecular weight excluding hydrogens is 332 g/mol. The standard InChI is InChI=1S/C20H26N2O2S/c1-5-25-19-11-9-17(10-12-19)15(2)21-20(23)22(3)14-16-7-6-8-18(13-16)24-4/h6-13,15H,5,14H2,1-4H3,(H,21,23). The number of methoxy groups -OCH3 is 1. The van der Waals surface area contributed by atoms with Crippen molar-refractivity contribution in [3.63, 3.8) is 0 Å². The van der Waals surface area contributed by atoms with Crippen LogP contribution in [-0.2, 0) is 6.54 Å². The van der Waals surface area contributed by atoms with Crippen LogP contribution in [0.1, 0.15) is 31.0 Å². The number of thioether (sulfide) groups is 1. The Labute approximate surface area is 154 Å². The number of hydrogen-bond donors (Lipinski definition) is 1. The van der Waals surface area contributed by atoms with Crippen LogP contribution in [0.15, 0.2) is 53.4 Å². The van der Waals surface area contributed by atoms with Gasteiger partial charge in [0, 0.05) is 18.5 Å². The maximum Gasteiger partial charge on any atom is 0.317 e. The van der Waals surface area contributed by atoms with E-state index in [1.54, 1.807) is 19.1 Å². The third-order valence-corrected chi connectivity index (χ3v) is 4.83. The molecule has 0 bridgehead atoms. The molecule has 0 aliphatic carbocycles. The van der Waals surface area contributed by atoms with Crippen LogP contribution in [0.5, 0.6) is 5.75 Å². The molecule has 0 saturated carbocycles. The molecule has 1 atom stereocenters. The molecule has 0 aromatic heterocycles. The Balaban J connectivity index is 1.92. The maximum absolute atomic E-state index is 12.4. The van der Waals surface area contributed by atoms with E-state index in [9.17, 15) is 4.79 Å². The van der Waals surface area contributed by atoms with Crippen molar-refractivity contribution in [2.24, 2.45) is 0 Å². The minimum absolute atomic E-state index is 0.0408. The highest BCUT2D eigenvalue weighted by molar-refractivity contribution is 7.99. The van der Waals surface area contributed by atoms with Gasteiger partial charge in [0.25, 0.3) is 0 Å². The number of carbonyl (C=O) groups is 1. The first-order valence-electron chi connectivity index (χ1n) is 8.40. The lowest BCUT2D eigenvalue weighted by Crippen LogP contribution is -2.38. The normalized spacial score (nSPS) is 11.7. The fourth-order valence-electron chi connectivity index (χ4n) is 2.51. The third kappa shape index (κ3) is 5.71. The van der Waals surface area contributed by atoms with Gasteiger partial charge >= 0.3 is 6.03 Å². The van der Waals surface area contributed by atoms with Crippen molar-refractivity contribution in [1.82, 2.24) is 10.2 Å². The Kier molecular flexibility index (Phi) is 7.19. The molecule has 0 fully saturated rings. The largest absolute Gasteiger partial charge is 0.497 e. The highest BCUT2D eigenvalue weighted by Gasteiger charge is 2.14. The second-order valence-electron chi connectivity index (χ2n) is 5.88. The zero-order chi connectivity index (χ0) is 18.2. The number of hydrogen-bond acceptors (Lipinski definition) is 3. The lowest BCUT2D eigenvalue weighted by Gasteiger charge is -2.22. The average Bonchev–Trinajstić information content (AvgIpc) is 2.62. The molecule has 2 amide bonds. The Morgan fingerprint density at radius 1 is 1.24 bits per heavy atom. The molecule has 2 aromatic rings. The topological polar surface area (TPSA) is 41.6 Å². The Morgan fingerprint density at radius 2 is 1.96 bits per heavy atom. The second-order valence-corrected chi connectivity index (χ2v) is 7.22. The number of rotatable bonds is 7. The van der Waals surface area contributed by atoms with Gasteiger partial charge in [-0.1, -0.05) is 31.2 Å². The van der Waals surface area contributed by atoms with Crippen LogP contribution < -0.4 is 10.1 Å². The van der Waals surface area contributed by atoms with Crippen molar-refractivity contribution in [2.75, 3.05) is 19.9 Å². The summed E-state index contributed by atoms with van der Waals surface area (Å²) < 4.78 is 5.23. The molecule has 0 heterocycles. The smallest absolute Gasteiger partial charge is 0.317 e. The first-order valence-corrected chi connectivity index (χ1v) is 9.39. The molecule has 0 aliphatic rings. The molecule has 5 heteroatoms. The van der Waals surface area contributed by atoms with E-state index in [0.29, 0.717) is 6.54 Å². The van der Waals surface area contributed by atoms with Crippen LogP contribution >= 0.6 is 11.8 Å². The van der Waals surface area contributed by atoms with Crippen molar-refractivity contribution < 1.29 is 9.53 Å². The Hall–Kier alpha value is -2.14. The average molecular weight is 359 g/mol. The van der Waals surface area contributed by atoms with Gasteiger partial charge in [0.15, 0.2) is 0 Å². The number of nitrogens with one attached hydrogen (secondary N) is 1. The zero-order valence-electron chi connectivity index (χ0n) is 15.3. The Bertz CT molecular complexity index is 688. The third-order valence-electron chi connectivity index (χ3n) is 3.93. The van der Waals surface area contributed by atoms with E-state index in [1.165, 1.54) is 4.90 Å². The van der Waals surface area contributed by atoms with Crippen molar-refractivity contribution in [3.05, 3.63) is 59.7 Å². The summed E-state index contributed by atoms with van der Waals surface area (Å²) in [5.74, 6) is 1.85. The molecule has 1 N–H and O–H groups in total. The molecule has 0 spiro atoms. The van der Waals surface area contributed by atoms with Gasteiger partial charge in [0.2, 0.25) is 0 Å². The highest BCUT2D eigenvalue weighted by atomic mass is 32.2. The molecule has 25 heavy (non-hydrogen) atoms. The van der Waals surface area contributed by atoms with Gasteiger partial charge in [-0.15, -0.1) is 11.8 Å². The Morgan fingerprint density at radius 3 is 2.60 bits per heavy atom.